The molecule has 0 radical (unpaired) electrons. The normalized spacial score (nSPS) is 13.8. The molecule has 0 amide bonds. The van der Waals surface area contributed by atoms with Gasteiger partial charge in [-0.25, -0.2) is 4.98 Å². The molecule has 0 aliphatic carbocycles. The van der Waals surface area contributed by atoms with Gasteiger partial charge in [0.1, 0.15) is 11.9 Å². The number of nitrogens with zero attached hydrogens (tertiary/aromatic N) is 2. The van der Waals surface area contributed by atoms with Crippen molar-refractivity contribution in [2.45, 2.75) is 26.3 Å². The summed E-state index contributed by atoms with van der Waals surface area (Å²) in [4.78, 5) is 4.17. The lowest BCUT2D eigenvalue weighted by molar-refractivity contribution is 0.678. The van der Waals surface area contributed by atoms with Crippen molar-refractivity contribution in [3.05, 3.63) is 23.4 Å². The zero-order valence-corrected chi connectivity index (χ0v) is 11.2. The molecule has 1 aromatic rings. The topological polar surface area (TPSA) is 65.8 Å². The first-order valence-electron chi connectivity index (χ1n) is 5.47. The van der Waals surface area contributed by atoms with Crippen LogP contribution < -0.4 is 5.32 Å². The van der Waals surface area contributed by atoms with E-state index in [0.717, 1.165) is 12.0 Å². The number of hydrogen-bond donors (Lipinski definition) is 1. The fourth-order valence-corrected chi connectivity index (χ4v) is 2.14. The molecule has 92 valence electrons. The van der Waals surface area contributed by atoms with Crippen LogP contribution in [0.2, 0.25) is 0 Å². The van der Waals surface area contributed by atoms with Crippen LogP contribution in [0.4, 0.5) is 5.82 Å². The number of aromatic nitrogens is 1. The highest BCUT2D eigenvalue weighted by Gasteiger charge is 2.09. The van der Waals surface area contributed by atoms with E-state index in [2.05, 4.69) is 16.4 Å². The van der Waals surface area contributed by atoms with Crippen LogP contribution in [0, 0.1) is 18.3 Å². The molecule has 1 heterocycles. The summed E-state index contributed by atoms with van der Waals surface area (Å²) in [5, 5.41) is 12.2. The number of aryl methyl sites for hydroxylation is 1. The van der Waals surface area contributed by atoms with Gasteiger partial charge in [0.2, 0.25) is 0 Å². The zero-order chi connectivity index (χ0) is 12.8. The third kappa shape index (κ3) is 4.16. The smallest absolute Gasteiger partial charge is 0.144 e. The highest BCUT2D eigenvalue weighted by molar-refractivity contribution is 7.84. The van der Waals surface area contributed by atoms with Crippen molar-refractivity contribution in [3.8, 4) is 6.07 Å². The van der Waals surface area contributed by atoms with Crippen molar-refractivity contribution < 1.29 is 4.21 Å². The first kappa shape index (κ1) is 13.7. The molecular formula is C12H17N3OS. The van der Waals surface area contributed by atoms with E-state index < -0.39 is 10.8 Å². The van der Waals surface area contributed by atoms with E-state index in [1.54, 1.807) is 12.5 Å². The average molecular weight is 251 g/mol. The van der Waals surface area contributed by atoms with Crippen LogP contribution in [-0.2, 0) is 10.8 Å². The molecule has 0 aliphatic rings. The van der Waals surface area contributed by atoms with Crippen molar-refractivity contribution in [3.63, 3.8) is 0 Å². The number of rotatable bonds is 5. The Balaban J connectivity index is 2.72. The SMILES string of the molecule is Cc1ccnc(NC(C)CCS(C)=O)c1C#N. The van der Waals surface area contributed by atoms with E-state index in [1.807, 2.05) is 19.9 Å². The quantitative estimate of drug-likeness (QED) is 0.867. The van der Waals surface area contributed by atoms with Crippen molar-refractivity contribution >= 4 is 16.6 Å². The standard InChI is InChI=1S/C12H17N3OS/c1-9-4-6-14-12(11(9)8-13)15-10(2)5-7-17(3)16/h4,6,10H,5,7H2,1-3H3,(H,14,15). The minimum atomic E-state index is -0.781. The van der Waals surface area contributed by atoms with Gasteiger partial charge in [0, 0.05) is 35.0 Å². The second kappa shape index (κ2) is 6.36. The van der Waals surface area contributed by atoms with Crippen LogP contribution in [0.3, 0.4) is 0 Å². The highest BCUT2D eigenvalue weighted by atomic mass is 32.2. The summed E-state index contributed by atoms with van der Waals surface area (Å²) in [5.41, 5.74) is 1.49. The summed E-state index contributed by atoms with van der Waals surface area (Å²) in [5.74, 6) is 1.27. The number of nitrogens with one attached hydrogen (secondary N) is 1. The molecule has 0 bridgehead atoms. The van der Waals surface area contributed by atoms with Gasteiger partial charge in [-0.15, -0.1) is 0 Å². The van der Waals surface area contributed by atoms with E-state index >= 15 is 0 Å². The van der Waals surface area contributed by atoms with Crippen LogP contribution in [0.5, 0.6) is 0 Å². The molecule has 0 saturated heterocycles. The fraction of sp³-hybridized carbons (Fsp3) is 0.500. The summed E-state index contributed by atoms with van der Waals surface area (Å²) >= 11 is 0. The largest absolute Gasteiger partial charge is 0.366 e. The van der Waals surface area contributed by atoms with E-state index in [0.29, 0.717) is 17.1 Å². The Morgan fingerprint density at radius 1 is 1.65 bits per heavy atom. The van der Waals surface area contributed by atoms with E-state index in [4.69, 9.17) is 5.26 Å². The van der Waals surface area contributed by atoms with Gasteiger partial charge in [0.15, 0.2) is 0 Å². The van der Waals surface area contributed by atoms with Crippen LogP contribution in [0.15, 0.2) is 12.3 Å². The fourth-order valence-electron chi connectivity index (χ4n) is 1.46. The second-order valence-corrected chi connectivity index (χ2v) is 5.63. The number of hydrogen-bond acceptors (Lipinski definition) is 4. The maximum atomic E-state index is 11.0. The maximum absolute atomic E-state index is 11.0. The molecule has 17 heavy (non-hydrogen) atoms. The van der Waals surface area contributed by atoms with Gasteiger partial charge in [-0.1, -0.05) is 0 Å². The number of anilines is 1. The first-order valence-corrected chi connectivity index (χ1v) is 7.19. The Kier molecular flexibility index (Phi) is 5.11. The average Bonchev–Trinajstić information content (AvgIpc) is 2.27. The predicted octanol–water partition coefficient (Wildman–Crippen LogP) is 1.83. The van der Waals surface area contributed by atoms with Crippen LogP contribution in [0.1, 0.15) is 24.5 Å². The number of pyridine rings is 1. The summed E-state index contributed by atoms with van der Waals surface area (Å²) in [6.07, 6.45) is 4.17. The summed E-state index contributed by atoms with van der Waals surface area (Å²) < 4.78 is 11.0. The van der Waals surface area contributed by atoms with Gasteiger partial charge >= 0.3 is 0 Å². The minimum absolute atomic E-state index is 0.153. The van der Waals surface area contributed by atoms with Crippen LogP contribution in [0.25, 0.3) is 0 Å². The third-order valence-electron chi connectivity index (χ3n) is 2.49. The van der Waals surface area contributed by atoms with Crippen LogP contribution in [-0.4, -0.2) is 27.2 Å². The maximum Gasteiger partial charge on any atom is 0.144 e. The van der Waals surface area contributed by atoms with E-state index in [-0.39, 0.29) is 6.04 Å². The van der Waals surface area contributed by atoms with Crippen molar-refractivity contribution in [1.29, 1.82) is 5.26 Å². The highest BCUT2D eigenvalue weighted by Crippen LogP contribution is 2.16. The van der Waals surface area contributed by atoms with E-state index in [1.165, 1.54) is 0 Å². The molecule has 1 N–H and O–H groups in total. The van der Waals surface area contributed by atoms with E-state index in [9.17, 15) is 4.21 Å². The van der Waals surface area contributed by atoms with Gasteiger partial charge in [-0.3, -0.25) is 4.21 Å². The van der Waals surface area contributed by atoms with Gasteiger partial charge in [0.05, 0.1) is 5.56 Å². The van der Waals surface area contributed by atoms with Crippen molar-refractivity contribution in [2.24, 2.45) is 0 Å². The zero-order valence-electron chi connectivity index (χ0n) is 10.4. The van der Waals surface area contributed by atoms with Gasteiger partial charge in [0.25, 0.3) is 0 Å². The summed E-state index contributed by atoms with van der Waals surface area (Å²) in [6, 6.07) is 4.12. The molecule has 5 heteroatoms. The minimum Gasteiger partial charge on any atom is -0.366 e. The van der Waals surface area contributed by atoms with Gasteiger partial charge in [-0.05, 0) is 31.9 Å². The van der Waals surface area contributed by atoms with Crippen LogP contribution >= 0.6 is 0 Å². The lowest BCUT2D eigenvalue weighted by Crippen LogP contribution is -2.19. The second-order valence-electron chi connectivity index (χ2n) is 4.07. The Labute approximate surface area is 105 Å². The molecule has 0 fully saturated rings. The number of nitriles is 1. The molecule has 0 spiro atoms. The summed E-state index contributed by atoms with van der Waals surface area (Å²) in [7, 11) is -0.781. The lowest BCUT2D eigenvalue weighted by atomic mass is 10.1. The molecule has 1 rings (SSSR count). The monoisotopic (exact) mass is 251 g/mol. The van der Waals surface area contributed by atoms with Crippen molar-refractivity contribution in [2.75, 3.05) is 17.3 Å². The molecule has 0 aliphatic heterocycles. The lowest BCUT2D eigenvalue weighted by Gasteiger charge is -2.15. The Morgan fingerprint density at radius 2 is 2.35 bits per heavy atom. The Bertz CT molecular complexity index is 454. The molecule has 0 aromatic carbocycles. The molecule has 4 nitrogen and oxygen atoms in total. The van der Waals surface area contributed by atoms with Crippen molar-refractivity contribution in [1.82, 2.24) is 4.98 Å². The molecular weight excluding hydrogens is 234 g/mol. The molecule has 2 unspecified atom stereocenters. The Morgan fingerprint density at radius 3 is 2.94 bits per heavy atom. The molecule has 0 saturated carbocycles. The Hall–Kier alpha value is -1.41. The van der Waals surface area contributed by atoms with Gasteiger partial charge in [-0.2, -0.15) is 5.26 Å². The molecule has 2 atom stereocenters. The summed E-state index contributed by atoms with van der Waals surface area (Å²) in [6.45, 7) is 3.88. The third-order valence-corrected chi connectivity index (χ3v) is 3.30. The first-order chi connectivity index (χ1) is 8.04. The predicted molar refractivity (Wildman–Crippen MR) is 70.3 cm³/mol. The van der Waals surface area contributed by atoms with Gasteiger partial charge < -0.3 is 5.32 Å². The molecule has 1 aromatic heterocycles.